The first-order valence-electron chi connectivity index (χ1n) is 9.42. The number of aromatic amines is 1. The Balaban J connectivity index is 1.80. The van der Waals surface area contributed by atoms with E-state index in [4.69, 9.17) is 0 Å². The Kier molecular flexibility index (Phi) is 4.56. The summed E-state index contributed by atoms with van der Waals surface area (Å²) in [4.78, 5) is 2.07. The maximum Gasteiger partial charge on any atom is 0.140 e. The fourth-order valence-corrected chi connectivity index (χ4v) is 3.70. The standard InChI is InChI=1S/C21H24FN5/c1-4-14(2)17-12-23-25-20(17)18-13-24-27-11-7-10-26(21(18)27)15(3)16-8-5-6-9-19(16)22/h5-6,8-9,12-14H,3-4,7,10-11H2,1-2H3,(H,23,25). The molecule has 2 aromatic heterocycles. The highest BCUT2D eigenvalue weighted by Crippen LogP contribution is 2.39. The van der Waals surface area contributed by atoms with E-state index in [1.807, 2.05) is 23.1 Å². The molecule has 1 unspecified atom stereocenters. The quantitative estimate of drug-likeness (QED) is 0.706. The maximum atomic E-state index is 14.4. The molecule has 0 radical (unpaired) electrons. The van der Waals surface area contributed by atoms with Gasteiger partial charge in [-0.15, -0.1) is 0 Å². The van der Waals surface area contributed by atoms with E-state index in [0.29, 0.717) is 17.2 Å². The van der Waals surface area contributed by atoms with Crippen molar-refractivity contribution in [1.29, 1.82) is 0 Å². The van der Waals surface area contributed by atoms with Crippen molar-refractivity contribution in [2.45, 2.75) is 39.2 Å². The van der Waals surface area contributed by atoms with Gasteiger partial charge in [-0.2, -0.15) is 10.2 Å². The number of halogens is 1. The molecule has 1 atom stereocenters. The smallest absolute Gasteiger partial charge is 0.140 e. The molecule has 140 valence electrons. The Bertz CT molecular complexity index is 971. The number of nitrogens with one attached hydrogen (secondary N) is 1. The number of fused-ring (bicyclic) bond motifs is 1. The lowest BCUT2D eigenvalue weighted by Gasteiger charge is -2.32. The number of aryl methyl sites for hydroxylation is 1. The van der Waals surface area contributed by atoms with Crippen LogP contribution in [0.2, 0.25) is 0 Å². The molecule has 27 heavy (non-hydrogen) atoms. The van der Waals surface area contributed by atoms with Crippen molar-refractivity contribution < 1.29 is 4.39 Å². The number of hydrogen-bond donors (Lipinski definition) is 1. The zero-order valence-corrected chi connectivity index (χ0v) is 15.7. The molecule has 0 bridgehead atoms. The van der Waals surface area contributed by atoms with Crippen LogP contribution in [0.15, 0.2) is 43.2 Å². The Labute approximate surface area is 158 Å². The minimum atomic E-state index is -0.262. The molecule has 5 nitrogen and oxygen atoms in total. The molecule has 0 saturated carbocycles. The molecular weight excluding hydrogens is 341 g/mol. The second kappa shape index (κ2) is 7.02. The van der Waals surface area contributed by atoms with Crippen LogP contribution in [-0.4, -0.2) is 26.5 Å². The van der Waals surface area contributed by atoms with E-state index >= 15 is 0 Å². The summed E-state index contributed by atoms with van der Waals surface area (Å²) in [6, 6.07) is 6.77. The monoisotopic (exact) mass is 365 g/mol. The van der Waals surface area contributed by atoms with E-state index in [9.17, 15) is 4.39 Å². The Morgan fingerprint density at radius 2 is 2.11 bits per heavy atom. The predicted molar refractivity (Wildman–Crippen MR) is 106 cm³/mol. The number of anilines is 1. The minimum Gasteiger partial charge on any atom is -0.326 e. The number of benzene rings is 1. The molecule has 0 spiro atoms. The van der Waals surface area contributed by atoms with Gasteiger partial charge in [0.2, 0.25) is 0 Å². The molecule has 4 rings (SSSR count). The summed E-state index contributed by atoms with van der Waals surface area (Å²) in [6.07, 6.45) is 5.73. The van der Waals surface area contributed by atoms with E-state index < -0.39 is 0 Å². The first kappa shape index (κ1) is 17.5. The van der Waals surface area contributed by atoms with Gasteiger partial charge >= 0.3 is 0 Å². The zero-order chi connectivity index (χ0) is 19.0. The first-order chi connectivity index (χ1) is 13.1. The van der Waals surface area contributed by atoms with E-state index in [0.717, 1.165) is 43.0 Å². The SMILES string of the molecule is C=C(c1ccccc1F)N1CCCn2ncc(-c3[nH]ncc3C(C)CC)c21. The third-order valence-corrected chi connectivity index (χ3v) is 5.41. The summed E-state index contributed by atoms with van der Waals surface area (Å²) >= 11 is 0. The molecule has 3 heterocycles. The van der Waals surface area contributed by atoms with Gasteiger partial charge in [-0.25, -0.2) is 9.07 Å². The van der Waals surface area contributed by atoms with Gasteiger partial charge in [0.1, 0.15) is 11.6 Å². The van der Waals surface area contributed by atoms with Crippen LogP contribution in [0.4, 0.5) is 10.2 Å². The Morgan fingerprint density at radius 3 is 2.89 bits per heavy atom. The van der Waals surface area contributed by atoms with Crippen molar-refractivity contribution in [3.05, 3.63) is 60.2 Å². The number of hydrogen-bond acceptors (Lipinski definition) is 3. The van der Waals surface area contributed by atoms with Crippen molar-refractivity contribution >= 4 is 11.5 Å². The summed E-state index contributed by atoms with van der Waals surface area (Å²) in [7, 11) is 0. The Morgan fingerprint density at radius 1 is 1.30 bits per heavy atom. The van der Waals surface area contributed by atoms with Gasteiger partial charge in [0.15, 0.2) is 0 Å². The predicted octanol–water partition coefficient (Wildman–Crippen LogP) is 4.81. The van der Waals surface area contributed by atoms with Crippen LogP contribution in [0.5, 0.6) is 0 Å². The number of H-pyrrole nitrogens is 1. The highest BCUT2D eigenvalue weighted by Gasteiger charge is 2.28. The van der Waals surface area contributed by atoms with Crippen molar-refractivity contribution in [3.63, 3.8) is 0 Å². The van der Waals surface area contributed by atoms with Gasteiger partial charge in [0.05, 0.1) is 23.7 Å². The van der Waals surface area contributed by atoms with Crippen LogP contribution in [0.3, 0.4) is 0 Å². The zero-order valence-electron chi connectivity index (χ0n) is 15.7. The molecule has 6 heteroatoms. The molecule has 0 saturated heterocycles. The highest BCUT2D eigenvalue weighted by molar-refractivity contribution is 5.85. The fourth-order valence-electron chi connectivity index (χ4n) is 3.70. The van der Waals surface area contributed by atoms with Gasteiger partial charge in [-0.1, -0.05) is 32.6 Å². The van der Waals surface area contributed by atoms with Gasteiger partial charge in [0, 0.05) is 29.9 Å². The normalized spacial score (nSPS) is 14.9. The third kappa shape index (κ3) is 2.95. The summed E-state index contributed by atoms with van der Waals surface area (Å²) < 4.78 is 16.3. The molecular formula is C21H24FN5. The average molecular weight is 365 g/mol. The lowest BCUT2D eigenvalue weighted by molar-refractivity contribution is 0.542. The topological polar surface area (TPSA) is 49.7 Å². The Hall–Kier alpha value is -2.89. The van der Waals surface area contributed by atoms with Crippen LogP contribution in [0.25, 0.3) is 17.0 Å². The van der Waals surface area contributed by atoms with E-state index in [1.165, 1.54) is 11.6 Å². The van der Waals surface area contributed by atoms with Crippen LogP contribution in [0.1, 0.15) is 43.7 Å². The molecule has 3 aromatic rings. The molecule has 1 aliphatic heterocycles. The molecule has 1 N–H and O–H groups in total. The number of aromatic nitrogens is 4. The van der Waals surface area contributed by atoms with Crippen molar-refractivity contribution in [3.8, 4) is 11.3 Å². The summed E-state index contributed by atoms with van der Waals surface area (Å²) in [5.41, 5.74) is 4.32. The van der Waals surface area contributed by atoms with Crippen molar-refractivity contribution in [2.75, 3.05) is 11.4 Å². The summed E-state index contributed by atoms with van der Waals surface area (Å²) in [5, 5.41) is 12.0. The second-order valence-corrected chi connectivity index (χ2v) is 7.05. The fraction of sp³-hybridized carbons (Fsp3) is 0.333. The molecule has 0 aliphatic carbocycles. The third-order valence-electron chi connectivity index (χ3n) is 5.41. The largest absolute Gasteiger partial charge is 0.326 e. The summed E-state index contributed by atoms with van der Waals surface area (Å²) in [6.45, 7) is 10.2. The van der Waals surface area contributed by atoms with Gasteiger partial charge in [-0.3, -0.25) is 5.10 Å². The van der Waals surface area contributed by atoms with Gasteiger partial charge in [0.25, 0.3) is 0 Å². The van der Waals surface area contributed by atoms with Gasteiger partial charge in [-0.05, 0) is 30.9 Å². The van der Waals surface area contributed by atoms with Crippen LogP contribution in [0, 0.1) is 5.82 Å². The van der Waals surface area contributed by atoms with E-state index in [1.54, 1.807) is 12.1 Å². The lowest BCUT2D eigenvalue weighted by Crippen LogP contribution is -2.31. The van der Waals surface area contributed by atoms with Gasteiger partial charge < -0.3 is 4.90 Å². The second-order valence-electron chi connectivity index (χ2n) is 7.05. The molecule has 0 amide bonds. The average Bonchev–Trinajstić information content (AvgIpc) is 3.33. The van der Waals surface area contributed by atoms with Crippen molar-refractivity contribution in [2.24, 2.45) is 0 Å². The summed E-state index contributed by atoms with van der Waals surface area (Å²) in [5.74, 6) is 1.08. The number of rotatable bonds is 5. The van der Waals surface area contributed by atoms with Crippen molar-refractivity contribution in [1.82, 2.24) is 20.0 Å². The first-order valence-corrected chi connectivity index (χ1v) is 9.42. The van der Waals surface area contributed by atoms with E-state index in [2.05, 4.69) is 40.6 Å². The minimum absolute atomic E-state index is 0.262. The van der Waals surface area contributed by atoms with Crippen LogP contribution < -0.4 is 4.90 Å². The number of nitrogens with zero attached hydrogens (tertiary/aromatic N) is 4. The molecule has 0 fully saturated rings. The van der Waals surface area contributed by atoms with Crippen LogP contribution >= 0.6 is 0 Å². The molecule has 1 aromatic carbocycles. The van der Waals surface area contributed by atoms with Crippen LogP contribution in [-0.2, 0) is 6.54 Å². The maximum absolute atomic E-state index is 14.4. The lowest BCUT2D eigenvalue weighted by atomic mass is 9.96. The van der Waals surface area contributed by atoms with E-state index in [-0.39, 0.29) is 5.82 Å². The molecule has 1 aliphatic rings. The highest BCUT2D eigenvalue weighted by atomic mass is 19.1.